The SMILES string of the molecule is CCOC1=C(Br)C([N+](=O)[O-])C(=C=O)C=C1C(=O)O. The molecule has 0 saturated carbocycles. The molecule has 0 spiro atoms. The monoisotopic (exact) mass is 317 g/mol. The van der Waals surface area contributed by atoms with Crippen LogP contribution in [0.1, 0.15) is 6.92 Å². The molecular formula is C10H8BrNO6. The molecule has 1 rings (SSSR count). The predicted molar refractivity (Wildman–Crippen MR) is 63.3 cm³/mol. The largest absolute Gasteiger partial charge is 0.492 e. The van der Waals surface area contributed by atoms with Gasteiger partial charge in [-0.05, 0) is 28.9 Å². The zero-order chi connectivity index (χ0) is 13.9. The summed E-state index contributed by atoms with van der Waals surface area (Å²) in [6.45, 7) is 1.75. The van der Waals surface area contributed by atoms with Crippen molar-refractivity contribution in [2.75, 3.05) is 6.61 Å². The van der Waals surface area contributed by atoms with Crippen LogP contribution in [0, 0.1) is 10.1 Å². The number of nitrogens with zero attached hydrogens (tertiary/aromatic N) is 1. The first-order chi connectivity index (χ1) is 8.43. The topological polar surface area (TPSA) is 107 Å². The molecule has 0 aliphatic heterocycles. The van der Waals surface area contributed by atoms with E-state index >= 15 is 0 Å². The van der Waals surface area contributed by atoms with Crippen LogP contribution in [0.4, 0.5) is 0 Å². The maximum absolute atomic E-state index is 11.0. The third kappa shape index (κ3) is 2.49. The van der Waals surface area contributed by atoms with E-state index in [1.54, 1.807) is 6.92 Å². The van der Waals surface area contributed by atoms with E-state index in [1.807, 2.05) is 0 Å². The van der Waals surface area contributed by atoms with E-state index in [1.165, 1.54) is 5.94 Å². The molecule has 1 aliphatic carbocycles. The third-order valence-corrected chi connectivity index (χ3v) is 2.94. The van der Waals surface area contributed by atoms with Gasteiger partial charge in [0.25, 0.3) is 6.04 Å². The second-order valence-corrected chi connectivity index (χ2v) is 4.07. The highest BCUT2D eigenvalue weighted by Crippen LogP contribution is 2.34. The molecule has 7 nitrogen and oxygen atoms in total. The van der Waals surface area contributed by atoms with Crippen LogP contribution in [0.2, 0.25) is 0 Å². The lowest BCUT2D eigenvalue weighted by molar-refractivity contribution is -0.499. The highest BCUT2D eigenvalue weighted by atomic mass is 79.9. The number of carbonyl (C=O) groups is 1. The van der Waals surface area contributed by atoms with E-state index < -0.39 is 16.9 Å². The second-order valence-electron chi connectivity index (χ2n) is 3.22. The lowest BCUT2D eigenvalue weighted by Gasteiger charge is -2.19. The van der Waals surface area contributed by atoms with Crippen LogP contribution >= 0.6 is 15.9 Å². The smallest absolute Gasteiger partial charge is 0.339 e. The fraction of sp³-hybridized carbons (Fsp3) is 0.300. The van der Waals surface area contributed by atoms with Crippen LogP contribution in [0.5, 0.6) is 0 Å². The van der Waals surface area contributed by atoms with Crippen LogP contribution in [-0.2, 0) is 14.3 Å². The van der Waals surface area contributed by atoms with Gasteiger partial charge in [0.05, 0.1) is 6.61 Å². The summed E-state index contributed by atoms with van der Waals surface area (Å²) in [7, 11) is 0. The molecule has 0 aromatic heterocycles. The Labute approximate surface area is 110 Å². The standard InChI is InChI=1S/C10H8BrNO6/c1-2-18-9-6(10(14)15)3-5(4-13)8(7(9)11)12(16)17/h3,8H,2H2,1H3,(H,14,15). The molecule has 96 valence electrons. The Morgan fingerprint density at radius 1 is 1.72 bits per heavy atom. The predicted octanol–water partition coefficient (Wildman–Crippen LogP) is 1.06. The van der Waals surface area contributed by atoms with Gasteiger partial charge in [-0.3, -0.25) is 10.1 Å². The molecule has 0 heterocycles. The van der Waals surface area contributed by atoms with Gasteiger partial charge in [0.1, 0.15) is 21.6 Å². The number of rotatable bonds is 4. The summed E-state index contributed by atoms with van der Waals surface area (Å²) < 4.78 is 4.97. The molecule has 0 radical (unpaired) electrons. The fourth-order valence-electron chi connectivity index (χ4n) is 1.43. The first-order valence-corrected chi connectivity index (χ1v) is 5.59. The second kappa shape index (κ2) is 5.61. The molecule has 0 bridgehead atoms. The maximum atomic E-state index is 11.0. The summed E-state index contributed by atoms with van der Waals surface area (Å²) in [5.74, 6) is -0.111. The average molecular weight is 318 g/mol. The number of hydrogen-bond acceptors (Lipinski definition) is 5. The molecule has 18 heavy (non-hydrogen) atoms. The summed E-state index contributed by atoms with van der Waals surface area (Å²) >= 11 is 2.92. The van der Waals surface area contributed by atoms with Crippen molar-refractivity contribution < 1.29 is 24.4 Å². The molecule has 0 saturated heterocycles. The van der Waals surface area contributed by atoms with Crippen LogP contribution in [0.15, 0.2) is 27.5 Å². The Hall–Kier alpha value is -1.92. The van der Waals surface area contributed by atoms with Crippen LogP contribution in [0.25, 0.3) is 0 Å². The first kappa shape index (κ1) is 14.1. The Morgan fingerprint density at radius 3 is 2.72 bits per heavy atom. The molecule has 1 N–H and O–H groups in total. The Kier molecular flexibility index (Phi) is 4.41. The number of ether oxygens (including phenoxy) is 1. The minimum atomic E-state index is -1.49. The van der Waals surface area contributed by atoms with Crippen molar-refractivity contribution in [1.29, 1.82) is 0 Å². The molecule has 0 aromatic carbocycles. The first-order valence-electron chi connectivity index (χ1n) is 4.80. The van der Waals surface area contributed by atoms with Gasteiger partial charge < -0.3 is 9.84 Å². The van der Waals surface area contributed by atoms with Crippen molar-refractivity contribution >= 4 is 27.8 Å². The minimum absolute atomic E-state index is 0.104. The Balaban J connectivity index is 3.45. The molecule has 0 fully saturated rings. The molecule has 0 aromatic rings. The third-order valence-electron chi connectivity index (χ3n) is 2.14. The molecule has 8 heteroatoms. The molecule has 0 amide bonds. The van der Waals surface area contributed by atoms with E-state index in [4.69, 9.17) is 9.84 Å². The minimum Gasteiger partial charge on any atom is -0.492 e. The lowest BCUT2D eigenvalue weighted by atomic mass is 9.97. The van der Waals surface area contributed by atoms with Gasteiger partial charge in [-0.1, -0.05) is 0 Å². The number of carboxylic acid groups (broad SMARTS) is 1. The van der Waals surface area contributed by atoms with Crippen LogP contribution in [-0.4, -0.2) is 34.6 Å². The number of carbonyl (C=O) groups excluding carboxylic acids is 1. The van der Waals surface area contributed by atoms with Crippen molar-refractivity contribution in [1.82, 2.24) is 0 Å². The van der Waals surface area contributed by atoms with Crippen LogP contribution < -0.4 is 0 Å². The van der Waals surface area contributed by atoms with Crippen molar-refractivity contribution in [3.63, 3.8) is 0 Å². The van der Waals surface area contributed by atoms with Crippen molar-refractivity contribution in [3.05, 3.63) is 37.6 Å². The summed E-state index contributed by atoms with van der Waals surface area (Å²) in [6.07, 6.45) is 0.901. The van der Waals surface area contributed by atoms with E-state index in [0.717, 1.165) is 6.08 Å². The number of halogens is 1. The zero-order valence-corrected chi connectivity index (χ0v) is 10.8. The van der Waals surface area contributed by atoms with Gasteiger partial charge >= 0.3 is 5.97 Å². The van der Waals surface area contributed by atoms with E-state index in [0.29, 0.717) is 0 Å². The Bertz CT molecular complexity index is 514. The van der Waals surface area contributed by atoms with E-state index in [-0.39, 0.29) is 28.0 Å². The molecular weight excluding hydrogens is 310 g/mol. The highest BCUT2D eigenvalue weighted by Gasteiger charge is 2.39. The summed E-state index contributed by atoms with van der Waals surface area (Å²) in [5.41, 5.74) is -0.687. The zero-order valence-electron chi connectivity index (χ0n) is 9.18. The van der Waals surface area contributed by atoms with Gasteiger partial charge in [-0.2, -0.15) is 0 Å². The molecule has 1 atom stereocenters. The van der Waals surface area contributed by atoms with Gasteiger partial charge in [0, 0.05) is 4.92 Å². The highest BCUT2D eigenvalue weighted by molar-refractivity contribution is 9.11. The Morgan fingerprint density at radius 2 is 2.33 bits per heavy atom. The maximum Gasteiger partial charge on any atom is 0.339 e. The van der Waals surface area contributed by atoms with Gasteiger partial charge in [-0.25, -0.2) is 9.59 Å². The van der Waals surface area contributed by atoms with Gasteiger partial charge in [-0.15, -0.1) is 0 Å². The van der Waals surface area contributed by atoms with Crippen molar-refractivity contribution in [2.24, 2.45) is 0 Å². The summed E-state index contributed by atoms with van der Waals surface area (Å²) in [4.78, 5) is 31.8. The number of carboxylic acids is 1. The molecule has 1 unspecified atom stereocenters. The summed E-state index contributed by atoms with van der Waals surface area (Å²) in [5, 5.41) is 19.8. The fourth-order valence-corrected chi connectivity index (χ4v) is 2.17. The van der Waals surface area contributed by atoms with Crippen molar-refractivity contribution in [2.45, 2.75) is 13.0 Å². The van der Waals surface area contributed by atoms with Crippen LogP contribution in [0.3, 0.4) is 0 Å². The van der Waals surface area contributed by atoms with Gasteiger partial charge in [0.15, 0.2) is 5.76 Å². The molecule has 1 aliphatic rings. The average Bonchev–Trinajstić information content (AvgIpc) is 2.30. The number of aliphatic carboxylic acids is 1. The number of nitro groups is 1. The lowest BCUT2D eigenvalue weighted by Crippen LogP contribution is -2.28. The number of hydrogen-bond donors (Lipinski definition) is 1. The summed E-state index contributed by atoms with van der Waals surface area (Å²) in [6, 6.07) is -1.49. The van der Waals surface area contributed by atoms with E-state index in [9.17, 15) is 19.7 Å². The normalized spacial score (nSPS) is 19.1. The van der Waals surface area contributed by atoms with E-state index in [2.05, 4.69) is 15.9 Å². The van der Waals surface area contributed by atoms with Crippen molar-refractivity contribution in [3.8, 4) is 0 Å². The quantitative estimate of drug-likeness (QED) is 0.472. The van der Waals surface area contributed by atoms with Gasteiger partial charge in [0.2, 0.25) is 0 Å².